The summed E-state index contributed by atoms with van der Waals surface area (Å²) in [7, 11) is -3.57. The first-order valence-corrected chi connectivity index (χ1v) is 13.3. The van der Waals surface area contributed by atoms with E-state index in [9.17, 15) is 18.0 Å². The van der Waals surface area contributed by atoms with Gasteiger partial charge in [0.25, 0.3) is 0 Å². The molecule has 2 fully saturated rings. The summed E-state index contributed by atoms with van der Waals surface area (Å²) >= 11 is 0. The fourth-order valence-electron chi connectivity index (χ4n) is 4.70. The van der Waals surface area contributed by atoms with E-state index in [0.717, 1.165) is 42.9 Å². The number of piperazine rings is 1. The highest BCUT2D eigenvalue weighted by Crippen LogP contribution is 2.37. The van der Waals surface area contributed by atoms with Gasteiger partial charge in [-0.3, -0.25) is 9.59 Å². The molecule has 1 saturated heterocycles. The topological polar surface area (TPSA) is 78.0 Å². The number of para-hydroxylation sites is 1. The predicted molar refractivity (Wildman–Crippen MR) is 127 cm³/mol. The maximum Gasteiger partial charge on any atom is 0.230 e. The maximum atomic E-state index is 12.9. The summed E-state index contributed by atoms with van der Waals surface area (Å²) in [5, 5.41) is 0. The molecule has 0 radical (unpaired) electrons. The lowest BCUT2D eigenvalue weighted by molar-refractivity contribution is -0.131. The normalized spacial score (nSPS) is 18.4. The quantitative estimate of drug-likeness (QED) is 0.652. The lowest BCUT2D eigenvalue weighted by Gasteiger charge is -2.36. The molecule has 2 aromatic carbocycles. The molecule has 3 aliphatic rings. The van der Waals surface area contributed by atoms with Crippen molar-refractivity contribution < 1.29 is 18.0 Å². The van der Waals surface area contributed by atoms with Gasteiger partial charge in [-0.2, -0.15) is 0 Å². The van der Waals surface area contributed by atoms with Gasteiger partial charge in [0.1, 0.15) is 0 Å². The van der Waals surface area contributed by atoms with E-state index >= 15 is 0 Å². The molecule has 7 nitrogen and oxygen atoms in total. The third-order valence-electron chi connectivity index (χ3n) is 6.84. The Balaban J connectivity index is 1.17. The SMILES string of the molecule is O=C(CCS(=O)(=O)c1ccc2c(c1)CCN2C(=O)C1CC1)N1CCN(c2ccccc2)CC1. The molecular weight excluding hydrogens is 438 g/mol. The zero-order chi connectivity index (χ0) is 23.0. The van der Waals surface area contributed by atoms with E-state index in [1.54, 1.807) is 28.0 Å². The lowest BCUT2D eigenvalue weighted by atomic mass is 10.2. The molecule has 0 N–H and O–H groups in total. The molecule has 5 rings (SSSR count). The Labute approximate surface area is 194 Å². The summed E-state index contributed by atoms with van der Waals surface area (Å²) in [6.45, 7) is 3.28. The van der Waals surface area contributed by atoms with Crippen LogP contribution >= 0.6 is 0 Å². The Morgan fingerprint density at radius 3 is 2.33 bits per heavy atom. The first kappa shape index (κ1) is 21.9. The largest absolute Gasteiger partial charge is 0.368 e. The van der Waals surface area contributed by atoms with E-state index < -0.39 is 9.84 Å². The number of fused-ring (bicyclic) bond motifs is 1. The van der Waals surface area contributed by atoms with Gasteiger partial charge < -0.3 is 14.7 Å². The Kier molecular flexibility index (Phi) is 5.86. The summed E-state index contributed by atoms with van der Waals surface area (Å²) in [4.78, 5) is 31.2. The second-order valence-corrected chi connectivity index (χ2v) is 11.2. The molecule has 1 saturated carbocycles. The molecule has 0 bridgehead atoms. The molecule has 2 aliphatic heterocycles. The maximum absolute atomic E-state index is 12.9. The molecule has 2 amide bonds. The zero-order valence-electron chi connectivity index (χ0n) is 18.7. The predicted octanol–water partition coefficient (Wildman–Crippen LogP) is 2.50. The number of rotatable bonds is 6. The van der Waals surface area contributed by atoms with Crippen molar-refractivity contribution in [1.29, 1.82) is 0 Å². The van der Waals surface area contributed by atoms with Crippen LogP contribution < -0.4 is 9.80 Å². The van der Waals surface area contributed by atoms with E-state index in [1.807, 2.05) is 18.2 Å². The second-order valence-electron chi connectivity index (χ2n) is 9.08. The van der Waals surface area contributed by atoms with Crippen LogP contribution in [0.15, 0.2) is 53.4 Å². The van der Waals surface area contributed by atoms with Gasteiger partial charge in [0.2, 0.25) is 11.8 Å². The van der Waals surface area contributed by atoms with Crippen molar-refractivity contribution in [2.24, 2.45) is 5.92 Å². The van der Waals surface area contributed by atoms with E-state index in [1.165, 1.54) is 0 Å². The van der Waals surface area contributed by atoms with Crippen molar-refractivity contribution >= 4 is 33.0 Å². The van der Waals surface area contributed by atoms with Crippen LogP contribution in [0.4, 0.5) is 11.4 Å². The summed E-state index contributed by atoms with van der Waals surface area (Å²) < 4.78 is 25.9. The number of hydrogen-bond donors (Lipinski definition) is 0. The van der Waals surface area contributed by atoms with Crippen molar-refractivity contribution in [3.8, 4) is 0 Å². The van der Waals surface area contributed by atoms with Crippen molar-refractivity contribution in [2.45, 2.75) is 30.6 Å². The third-order valence-corrected chi connectivity index (χ3v) is 8.55. The van der Waals surface area contributed by atoms with Crippen LogP contribution in [0.1, 0.15) is 24.8 Å². The van der Waals surface area contributed by atoms with Crippen LogP contribution in [0.5, 0.6) is 0 Å². The van der Waals surface area contributed by atoms with Crippen molar-refractivity contribution in [1.82, 2.24) is 4.90 Å². The smallest absolute Gasteiger partial charge is 0.230 e. The molecular formula is C25H29N3O4S. The van der Waals surface area contributed by atoms with Gasteiger partial charge in [-0.25, -0.2) is 8.42 Å². The number of hydrogen-bond acceptors (Lipinski definition) is 5. The number of carbonyl (C=O) groups excluding carboxylic acids is 2. The minimum atomic E-state index is -3.57. The van der Waals surface area contributed by atoms with Crippen LogP contribution in [0, 0.1) is 5.92 Å². The Hall–Kier alpha value is -2.87. The summed E-state index contributed by atoms with van der Waals surface area (Å²) in [6.07, 6.45) is 2.55. The van der Waals surface area contributed by atoms with Crippen molar-refractivity contribution in [3.63, 3.8) is 0 Å². The molecule has 0 atom stereocenters. The molecule has 2 heterocycles. The number of amides is 2. The fraction of sp³-hybridized carbons (Fsp3) is 0.440. The highest BCUT2D eigenvalue weighted by molar-refractivity contribution is 7.91. The summed E-state index contributed by atoms with van der Waals surface area (Å²) in [6, 6.07) is 15.1. The molecule has 8 heteroatoms. The summed E-state index contributed by atoms with van der Waals surface area (Å²) in [5.74, 6) is -0.0234. The number of benzene rings is 2. The molecule has 2 aromatic rings. The fourth-order valence-corrected chi connectivity index (χ4v) is 5.98. The average molecular weight is 468 g/mol. The van der Waals surface area contributed by atoms with E-state index in [2.05, 4.69) is 17.0 Å². The highest BCUT2D eigenvalue weighted by Gasteiger charge is 2.36. The Morgan fingerprint density at radius 2 is 1.64 bits per heavy atom. The Bertz CT molecular complexity index is 1150. The third kappa shape index (κ3) is 4.62. The monoisotopic (exact) mass is 467 g/mol. The first-order chi connectivity index (χ1) is 15.9. The summed E-state index contributed by atoms with van der Waals surface area (Å²) in [5.41, 5.74) is 2.87. The standard InChI is InChI=1S/C25H29N3O4S/c29-24(27-15-13-26(14-16-27)21-4-2-1-3-5-21)11-17-33(31,32)22-8-9-23-20(18-22)10-12-28(23)25(30)19-6-7-19/h1-5,8-9,18-19H,6-7,10-17H2. The van der Waals surface area contributed by atoms with Crippen LogP contribution in [-0.2, 0) is 25.8 Å². The van der Waals surface area contributed by atoms with Gasteiger partial charge in [-0.1, -0.05) is 18.2 Å². The zero-order valence-corrected chi connectivity index (χ0v) is 19.5. The molecule has 1 aliphatic carbocycles. The number of carbonyl (C=O) groups is 2. The molecule has 0 spiro atoms. The highest BCUT2D eigenvalue weighted by atomic mass is 32.2. The Morgan fingerprint density at radius 1 is 0.909 bits per heavy atom. The van der Waals surface area contributed by atoms with Crippen molar-refractivity contribution in [2.75, 3.05) is 48.3 Å². The second kappa shape index (κ2) is 8.82. The van der Waals surface area contributed by atoms with Gasteiger partial charge in [-0.15, -0.1) is 0 Å². The average Bonchev–Trinajstić information content (AvgIpc) is 3.61. The van der Waals surface area contributed by atoms with E-state index in [4.69, 9.17) is 0 Å². The van der Waals surface area contributed by atoms with Crippen LogP contribution in [0.25, 0.3) is 0 Å². The molecule has 0 unspecified atom stereocenters. The van der Waals surface area contributed by atoms with Gasteiger partial charge in [-0.05, 0) is 55.2 Å². The molecule has 0 aromatic heterocycles. The minimum Gasteiger partial charge on any atom is -0.368 e. The number of sulfone groups is 1. The van der Waals surface area contributed by atoms with E-state index in [-0.39, 0.29) is 34.8 Å². The van der Waals surface area contributed by atoms with Gasteiger partial charge in [0.05, 0.1) is 10.6 Å². The van der Waals surface area contributed by atoms with Gasteiger partial charge in [0, 0.05) is 56.4 Å². The van der Waals surface area contributed by atoms with E-state index in [0.29, 0.717) is 26.1 Å². The van der Waals surface area contributed by atoms with Crippen molar-refractivity contribution in [3.05, 3.63) is 54.1 Å². The minimum absolute atomic E-state index is 0.0168. The van der Waals surface area contributed by atoms with Crippen LogP contribution in [0.2, 0.25) is 0 Å². The molecule has 174 valence electrons. The molecule has 33 heavy (non-hydrogen) atoms. The van der Waals surface area contributed by atoms with Crippen LogP contribution in [0.3, 0.4) is 0 Å². The first-order valence-electron chi connectivity index (χ1n) is 11.7. The van der Waals surface area contributed by atoms with Gasteiger partial charge in [0.15, 0.2) is 9.84 Å². The number of nitrogens with zero attached hydrogens (tertiary/aromatic N) is 3. The van der Waals surface area contributed by atoms with Gasteiger partial charge >= 0.3 is 0 Å². The van der Waals surface area contributed by atoms with Crippen LogP contribution in [-0.4, -0.2) is 63.6 Å². The lowest BCUT2D eigenvalue weighted by Crippen LogP contribution is -2.49. The number of anilines is 2.